The summed E-state index contributed by atoms with van der Waals surface area (Å²) in [6.45, 7) is 4.93. The second kappa shape index (κ2) is 5.29. The van der Waals surface area contributed by atoms with Gasteiger partial charge in [0, 0.05) is 32.0 Å². The SMILES string of the molecule is CCN(CC)S(=O)(=O)NCc1cc[nH]c1. The highest BCUT2D eigenvalue weighted by Gasteiger charge is 2.17. The van der Waals surface area contributed by atoms with Gasteiger partial charge in [-0.15, -0.1) is 0 Å². The van der Waals surface area contributed by atoms with Crippen LogP contribution >= 0.6 is 0 Å². The molecule has 0 amide bonds. The number of aromatic amines is 1. The lowest BCUT2D eigenvalue weighted by molar-refractivity contribution is 0.434. The molecule has 0 aliphatic rings. The summed E-state index contributed by atoms with van der Waals surface area (Å²) in [5.41, 5.74) is 0.922. The molecular formula is C9H17N3O2S. The van der Waals surface area contributed by atoms with Gasteiger partial charge in [0.15, 0.2) is 0 Å². The summed E-state index contributed by atoms with van der Waals surface area (Å²) in [7, 11) is -3.33. The minimum atomic E-state index is -3.33. The van der Waals surface area contributed by atoms with E-state index in [0.29, 0.717) is 19.6 Å². The Hall–Kier alpha value is -0.850. The summed E-state index contributed by atoms with van der Waals surface area (Å²) in [6.07, 6.45) is 3.53. The van der Waals surface area contributed by atoms with Crippen molar-refractivity contribution >= 4 is 10.2 Å². The quantitative estimate of drug-likeness (QED) is 0.756. The first kappa shape index (κ1) is 12.2. The van der Waals surface area contributed by atoms with Crippen LogP contribution in [0.2, 0.25) is 0 Å². The third-order valence-corrected chi connectivity index (χ3v) is 3.87. The lowest BCUT2D eigenvalue weighted by Crippen LogP contribution is -2.40. The molecule has 2 N–H and O–H groups in total. The third-order valence-electron chi connectivity index (χ3n) is 2.17. The van der Waals surface area contributed by atoms with Gasteiger partial charge in [0.05, 0.1) is 0 Å². The summed E-state index contributed by atoms with van der Waals surface area (Å²) >= 11 is 0. The second-order valence-corrected chi connectivity index (χ2v) is 4.88. The molecule has 0 unspecified atom stereocenters. The number of hydrogen-bond donors (Lipinski definition) is 2. The van der Waals surface area contributed by atoms with Crippen LogP contribution in [0, 0.1) is 0 Å². The molecule has 6 heteroatoms. The molecule has 1 heterocycles. The largest absolute Gasteiger partial charge is 0.367 e. The second-order valence-electron chi connectivity index (χ2n) is 3.13. The monoisotopic (exact) mass is 231 g/mol. The van der Waals surface area contributed by atoms with E-state index < -0.39 is 10.2 Å². The Kier molecular flexibility index (Phi) is 4.31. The fourth-order valence-electron chi connectivity index (χ4n) is 1.30. The summed E-state index contributed by atoms with van der Waals surface area (Å²) < 4.78 is 27.3. The van der Waals surface area contributed by atoms with Crippen molar-refractivity contribution < 1.29 is 8.42 Å². The average Bonchev–Trinajstić information content (AvgIpc) is 2.69. The van der Waals surface area contributed by atoms with Gasteiger partial charge in [-0.2, -0.15) is 17.4 Å². The molecule has 86 valence electrons. The maximum Gasteiger partial charge on any atom is 0.279 e. The summed E-state index contributed by atoms with van der Waals surface area (Å²) in [5, 5.41) is 0. The van der Waals surface area contributed by atoms with Gasteiger partial charge in [0.25, 0.3) is 10.2 Å². The molecule has 0 spiro atoms. The van der Waals surface area contributed by atoms with Gasteiger partial charge in [0.2, 0.25) is 0 Å². The smallest absolute Gasteiger partial charge is 0.279 e. The van der Waals surface area contributed by atoms with Crippen LogP contribution in [0.4, 0.5) is 0 Å². The van der Waals surface area contributed by atoms with E-state index in [9.17, 15) is 8.42 Å². The van der Waals surface area contributed by atoms with E-state index >= 15 is 0 Å². The lowest BCUT2D eigenvalue weighted by Gasteiger charge is -2.18. The maximum atomic E-state index is 11.7. The fourth-order valence-corrected chi connectivity index (χ4v) is 2.51. The average molecular weight is 231 g/mol. The molecule has 0 radical (unpaired) electrons. The Morgan fingerprint density at radius 2 is 2.07 bits per heavy atom. The van der Waals surface area contributed by atoms with Gasteiger partial charge >= 0.3 is 0 Å². The van der Waals surface area contributed by atoms with Gasteiger partial charge in [-0.05, 0) is 11.6 Å². The van der Waals surface area contributed by atoms with Crippen molar-refractivity contribution in [2.75, 3.05) is 13.1 Å². The standard InChI is InChI=1S/C9H17N3O2S/c1-3-12(4-2)15(13,14)11-8-9-5-6-10-7-9/h5-7,10-11H,3-4,8H2,1-2H3. The highest BCUT2D eigenvalue weighted by molar-refractivity contribution is 7.87. The molecule has 1 aromatic rings. The van der Waals surface area contributed by atoms with E-state index in [1.54, 1.807) is 12.4 Å². The van der Waals surface area contributed by atoms with E-state index in [1.807, 2.05) is 19.9 Å². The van der Waals surface area contributed by atoms with Gasteiger partial charge in [-0.3, -0.25) is 0 Å². The predicted octanol–water partition coefficient (Wildman–Crippen LogP) is 0.691. The minimum Gasteiger partial charge on any atom is -0.367 e. The van der Waals surface area contributed by atoms with Crippen LogP contribution in [0.5, 0.6) is 0 Å². The zero-order valence-corrected chi connectivity index (χ0v) is 9.84. The molecule has 0 fully saturated rings. The van der Waals surface area contributed by atoms with Crippen molar-refractivity contribution in [1.29, 1.82) is 0 Å². The Morgan fingerprint density at radius 1 is 1.40 bits per heavy atom. The van der Waals surface area contributed by atoms with Crippen LogP contribution in [-0.2, 0) is 16.8 Å². The van der Waals surface area contributed by atoms with Crippen molar-refractivity contribution in [2.45, 2.75) is 20.4 Å². The molecule has 0 bridgehead atoms. The van der Waals surface area contributed by atoms with E-state index in [1.165, 1.54) is 4.31 Å². The third kappa shape index (κ3) is 3.33. The molecule has 1 rings (SSSR count). The van der Waals surface area contributed by atoms with Crippen molar-refractivity contribution in [3.8, 4) is 0 Å². The minimum absolute atomic E-state index is 0.322. The number of nitrogens with one attached hydrogen (secondary N) is 2. The van der Waals surface area contributed by atoms with Crippen LogP contribution in [0.3, 0.4) is 0 Å². The van der Waals surface area contributed by atoms with E-state index in [4.69, 9.17) is 0 Å². The van der Waals surface area contributed by atoms with Gasteiger partial charge in [-0.1, -0.05) is 13.8 Å². The highest BCUT2D eigenvalue weighted by atomic mass is 32.2. The zero-order valence-electron chi connectivity index (χ0n) is 9.03. The van der Waals surface area contributed by atoms with Crippen molar-refractivity contribution in [3.05, 3.63) is 24.0 Å². The summed E-state index contributed by atoms with van der Waals surface area (Å²) in [6, 6.07) is 1.84. The Morgan fingerprint density at radius 3 is 2.53 bits per heavy atom. The van der Waals surface area contributed by atoms with Crippen molar-refractivity contribution in [1.82, 2.24) is 14.0 Å². The number of H-pyrrole nitrogens is 1. The maximum absolute atomic E-state index is 11.7. The van der Waals surface area contributed by atoms with E-state index in [2.05, 4.69) is 9.71 Å². The topological polar surface area (TPSA) is 65.2 Å². The molecule has 5 nitrogen and oxygen atoms in total. The normalized spacial score (nSPS) is 12.2. The lowest BCUT2D eigenvalue weighted by atomic mass is 10.4. The molecule has 0 aliphatic carbocycles. The van der Waals surface area contributed by atoms with Crippen LogP contribution in [0.25, 0.3) is 0 Å². The van der Waals surface area contributed by atoms with Crippen LogP contribution in [-0.4, -0.2) is 30.8 Å². The summed E-state index contributed by atoms with van der Waals surface area (Å²) in [5.74, 6) is 0. The van der Waals surface area contributed by atoms with Gasteiger partial charge in [-0.25, -0.2) is 0 Å². The Balaban J connectivity index is 2.57. The number of rotatable bonds is 6. The van der Waals surface area contributed by atoms with E-state index in [0.717, 1.165) is 5.56 Å². The van der Waals surface area contributed by atoms with Crippen molar-refractivity contribution in [2.24, 2.45) is 0 Å². The molecule has 0 saturated carbocycles. The molecule has 0 aliphatic heterocycles. The van der Waals surface area contributed by atoms with Crippen LogP contribution in [0.1, 0.15) is 19.4 Å². The Bertz CT molecular complexity index is 368. The summed E-state index contributed by atoms with van der Waals surface area (Å²) in [4.78, 5) is 2.87. The predicted molar refractivity (Wildman–Crippen MR) is 59.5 cm³/mol. The Labute approximate surface area is 90.7 Å². The van der Waals surface area contributed by atoms with Crippen molar-refractivity contribution in [3.63, 3.8) is 0 Å². The van der Waals surface area contributed by atoms with Crippen LogP contribution in [0.15, 0.2) is 18.5 Å². The molecular weight excluding hydrogens is 214 g/mol. The van der Waals surface area contributed by atoms with Crippen LogP contribution < -0.4 is 4.72 Å². The van der Waals surface area contributed by atoms with Gasteiger partial charge < -0.3 is 4.98 Å². The number of aromatic nitrogens is 1. The first-order valence-corrected chi connectivity index (χ1v) is 6.40. The first-order valence-electron chi connectivity index (χ1n) is 4.96. The molecule has 0 aromatic carbocycles. The number of hydrogen-bond acceptors (Lipinski definition) is 2. The number of nitrogens with zero attached hydrogens (tertiary/aromatic N) is 1. The molecule has 0 atom stereocenters. The first-order chi connectivity index (χ1) is 7.10. The molecule has 1 aromatic heterocycles. The molecule has 0 saturated heterocycles. The highest BCUT2D eigenvalue weighted by Crippen LogP contribution is 2.00. The molecule has 15 heavy (non-hydrogen) atoms. The van der Waals surface area contributed by atoms with Gasteiger partial charge in [0.1, 0.15) is 0 Å². The zero-order chi connectivity index (χ0) is 11.3. The fraction of sp³-hybridized carbons (Fsp3) is 0.556. The van der Waals surface area contributed by atoms with E-state index in [-0.39, 0.29) is 0 Å².